The third-order valence-corrected chi connectivity index (χ3v) is 3.47. The first-order chi connectivity index (χ1) is 10.1. The fourth-order valence-corrected chi connectivity index (χ4v) is 2.49. The second-order valence-electron chi connectivity index (χ2n) is 4.70. The molecule has 0 saturated carbocycles. The Morgan fingerprint density at radius 2 is 1.57 bits per heavy atom. The summed E-state index contributed by atoms with van der Waals surface area (Å²) in [5.41, 5.74) is 8.17. The predicted octanol–water partition coefficient (Wildman–Crippen LogP) is 3.42. The van der Waals surface area contributed by atoms with Gasteiger partial charge in [-0.3, -0.25) is 4.79 Å². The molecule has 0 aromatic heterocycles. The molecule has 110 valence electrons. The highest BCUT2D eigenvalue weighted by Gasteiger charge is 2.07. The molecule has 3 N–H and O–H groups in total. The highest BCUT2D eigenvalue weighted by Crippen LogP contribution is 2.19. The van der Waals surface area contributed by atoms with E-state index < -0.39 is 0 Å². The molecule has 0 aliphatic rings. The summed E-state index contributed by atoms with van der Waals surface area (Å²) in [6, 6.07) is 12.8. The van der Waals surface area contributed by atoms with Crippen LogP contribution >= 0.6 is 23.2 Å². The molecule has 2 rings (SSSR count). The van der Waals surface area contributed by atoms with Crippen molar-refractivity contribution in [1.29, 1.82) is 0 Å². The number of hydrogen-bond acceptors (Lipinski definition) is 2. The van der Waals surface area contributed by atoms with Crippen LogP contribution in [0.1, 0.15) is 21.5 Å². The second kappa shape index (κ2) is 7.46. The lowest BCUT2D eigenvalue weighted by molar-refractivity contribution is 0.0951. The number of amides is 1. The molecular weight excluding hydrogens is 307 g/mol. The molecule has 1 amide bonds. The molecule has 0 bridgehead atoms. The topological polar surface area (TPSA) is 55.1 Å². The second-order valence-corrected chi connectivity index (χ2v) is 5.57. The Bertz CT molecular complexity index is 606. The van der Waals surface area contributed by atoms with E-state index >= 15 is 0 Å². The van der Waals surface area contributed by atoms with Crippen LogP contribution in [0.3, 0.4) is 0 Å². The van der Waals surface area contributed by atoms with E-state index in [1.54, 1.807) is 18.2 Å². The predicted molar refractivity (Wildman–Crippen MR) is 86.8 cm³/mol. The standard InChI is InChI=1S/C16H16Cl2N2O/c17-14-7-13(8-15(18)9-14)16(21)20-10-12-3-1-11(2-4-12)5-6-19/h1-4,7-9H,5-6,10,19H2,(H,20,21). The van der Waals surface area contributed by atoms with Crippen molar-refractivity contribution in [3.05, 3.63) is 69.2 Å². The minimum Gasteiger partial charge on any atom is -0.348 e. The molecule has 2 aromatic rings. The van der Waals surface area contributed by atoms with Crippen molar-refractivity contribution in [2.75, 3.05) is 6.54 Å². The number of nitrogens with two attached hydrogens (primary N) is 1. The lowest BCUT2D eigenvalue weighted by atomic mass is 10.1. The van der Waals surface area contributed by atoms with E-state index in [1.165, 1.54) is 5.56 Å². The number of hydrogen-bond donors (Lipinski definition) is 2. The monoisotopic (exact) mass is 322 g/mol. The first-order valence-electron chi connectivity index (χ1n) is 6.60. The van der Waals surface area contributed by atoms with Crippen LogP contribution in [0.15, 0.2) is 42.5 Å². The Hall–Kier alpha value is -1.55. The van der Waals surface area contributed by atoms with Gasteiger partial charge in [0.1, 0.15) is 0 Å². The maximum Gasteiger partial charge on any atom is 0.251 e. The van der Waals surface area contributed by atoms with Crippen LogP contribution in [0, 0.1) is 0 Å². The largest absolute Gasteiger partial charge is 0.348 e. The van der Waals surface area contributed by atoms with Crippen LogP contribution in [-0.2, 0) is 13.0 Å². The molecule has 0 saturated heterocycles. The fraction of sp³-hybridized carbons (Fsp3) is 0.188. The highest BCUT2D eigenvalue weighted by molar-refractivity contribution is 6.35. The van der Waals surface area contributed by atoms with Crippen molar-refractivity contribution in [1.82, 2.24) is 5.32 Å². The maximum absolute atomic E-state index is 12.0. The van der Waals surface area contributed by atoms with Crippen molar-refractivity contribution in [3.63, 3.8) is 0 Å². The smallest absolute Gasteiger partial charge is 0.251 e. The summed E-state index contributed by atoms with van der Waals surface area (Å²) in [4.78, 5) is 12.0. The average molecular weight is 323 g/mol. The van der Waals surface area contributed by atoms with Gasteiger partial charge in [-0.2, -0.15) is 0 Å². The summed E-state index contributed by atoms with van der Waals surface area (Å²) in [5.74, 6) is -0.203. The molecule has 2 aromatic carbocycles. The van der Waals surface area contributed by atoms with Crippen LogP contribution in [0.5, 0.6) is 0 Å². The Balaban J connectivity index is 1.97. The van der Waals surface area contributed by atoms with Gasteiger partial charge in [0, 0.05) is 22.2 Å². The van der Waals surface area contributed by atoms with Crippen molar-refractivity contribution in [2.45, 2.75) is 13.0 Å². The molecule has 21 heavy (non-hydrogen) atoms. The molecule has 0 aliphatic heterocycles. The molecule has 3 nitrogen and oxygen atoms in total. The van der Waals surface area contributed by atoms with E-state index in [9.17, 15) is 4.79 Å². The lowest BCUT2D eigenvalue weighted by Gasteiger charge is -2.07. The van der Waals surface area contributed by atoms with E-state index in [-0.39, 0.29) is 5.91 Å². The first-order valence-corrected chi connectivity index (χ1v) is 7.36. The summed E-state index contributed by atoms with van der Waals surface area (Å²) in [7, 11) is 0. The van der Waals surface area contributed by atoms with E-state index in [0.717, 1.165) is 12.0 Å². The van der Waals surface area contributed by atoms with Gasteiger partial charge in [0.15, 0.2) is 0 Å². The number of halogens is 2. The van der Waals surface area contributed by atoms with Crippen molar-refractivity contribution < 1.29 is 4.79 Å². The number of rotatable bonds is 5. The molecule has 0 fully saturated rings. The van der Waals surface area contributed by atoms with Gasteiger partial charge >= 0.3 is 0 Å². The Kier molecular flexibility index (Phi) is 5.62. The van der Waals surface area contributed by atoms with Crippen LogP contribution in [0.25, 0.3) is 0 Å². The van der Waals surface area contributed by atoms with Crippen LogP contribution in [-0.4, -0.2) is 12.5 Å². The quantitative estimate of drug-likeness (QED) is 0.886. The Labute approximate surface area is 134 Å². The van der Waals surface area contributed by atoms with Gasteiger partial charge < -0.3 is 11.1 Å². The van der Waals surface area contributed by atoms with Gasteiger partial charge in [0.05, 0.1) is 0 Å². The van der Waals surface area contributed by atoms with Gasteiger partial charge in [-0.05, 0) is 42.3 Å². The van der Waals surface area contributed by atoms with Crippen molar-refractivity contribution in [2.24, 2.45) is 5.73 Å². The lowest BCUT2D eigenvalue weighted by Crippen LogP contribution is -2.22. The van der Waals surface area contributed by atoms with E-state index in [4.69, 9.17) is 28.9 Å². The number of benzene rings is 2. The zero-order valence-corrected chi connectivity index (χ0v) is 12.9. The third kappa shape index (κ3) is 4.74. The van der Waals surface area contributed by atoms with Crippen LogP contribution in [0.2, 0.25) is 10.0 Å². The molecule has 0 heterocycles. The molecule has 0 radical (unpaired) electrons. The minimum atomic E-state index is -0.203. The summed E-state index contributed by atoms with van der Waals surface area (Å²) >= 11 is 11.8. The number of carbonyl (C=O) groups is 1. The van der Waals surface area contributed by atoms with Gasteiger partial charge in [-0.1, -0.05) is 47.5 Å². The average Bonchev–Trinajstić information content (AvgIpc) is 2.45. The summed E-state index contributed by atoms with van der Waals surface area (Å²) in [6.07, 6.45) is 0.855. The summed E-state index contributed by atoms with van der Waals surface area (Å²) in [5, 5.41) is 3.73. The maximum atomic E-state index is 12.0. The molecule has 5 heteroatoms. The highest BCUT2D eigenvalue weighted by atomic mass is 35.5. The summed E-state index contributed by atoms with van der Waals surface area (Å²) < 4.78 is 0. The molecule has 0 unspecified atom stereocenters. The summed E-state index contributed by atoms with van der Waals surface area (Å²) in [6.45, 7) is 1.08. The van der Waals surface area contributed by atoms with E-state index in [0.29, 0.717) is 28.7 Å². The Morgan fingerprint density at radius 3 is 2.14 bits per heavy atom. The van der Waals surface area contributed by atoms with Gasteiger partial charge in [-0.25, -0.2) is 0 Å². The minimum absolute atomic E-state index is 0.203. The van der Waals surface area contributed by atoms with Crippen LogP contribution in [0.4, 0.5) is 0 Å². The molecule has 0 spiro atoms. The van der Waals surface area contributed by atoms with Crippen molar-refractivity contribution in [3.8, 4) is 0 Å². The van der Waals surface area contributed by atoms with Gasteiger partial charge in [-0.15, -0.1) is 0 Å². The van der Waals surface area contributed by atoms with E-state index in [1.807, 2.05) is 24.3 Å². The Morgan fingerprint density at radius 1 is 1.00 bits per heavy atom. The normalized spacial score (nSPS) is 10.4. The SMILES string of the molecule is NCCc1ccc(CNC(=O)c2cc(Cl)cc(Cl)c2)cc1. The van der Waals surface area contributed by atoms with Gasteiger partial charge in [0.2, 0.25) is 0 Å². The zero-order chi connectivity index (χ0) is 15.2. The number of carbonyl (C=O) groups excluding carboxylic acids is 1. The number of nitrogens with one attached hydrogen (secondary N) is 1. The third-order valence-electron chi connectivity index (χ3n) is 3.03. The van der Waals surface area contributed by atoms with Crippen molar-refractivity contribution >= 4 is 29.1 Å². The molecule has 0 aliphatic carbocycles. The fourth-order valence-electron chi connectivity index (χ4n) is 1.96. The zero-order valence-electron chi connectivity index (χ0n) is 11.4. The molecular formula is C16H16Cl2N2O. The first kappa shape index (κ1) is 15.8. The van der Waals surface area contributed by atoms with Gasteiger partial charge in [0.25, 0.3) is 5.91 Å². The molecule has 0 atom stereocenters. The van der Waals surface area contributed by atoms with Crippen LogP contribution < -0.4 is 11.1 Å². The van der Waals surface area contributed by atoms with E-state index in [2.05, 4.69) is 5.32 Å².